The Morgan fingerprint density at radius 3 is 3.00 bits per heavy atom. The number of nitrogens with two attached hydrogens (primary N) is 1. The molecule has 0 bridgehead atoms. The van der Waals surface area contributed by atoms with E-state index in [0.717, 1.165) is 0 Å². The Morgan fingerprint density at radius 2 is 2.23 bits per heavy atom. The predicted octanol–water partition coefficient (Wildman–Crippen LogP) is 2.01. The third-order valence-electron chi connectivity index (χ3n) is 1.72. The van der Waals surface area contributed by atoms with Gasteiger partial charge in [0.1, 0.15) is 11.6 Å². The Labute approximate surface area is 78.4 Å². The van der Waals surface area contributed by atoms with Crippen LogP contribution in [0, 0.1) is 10.6 Å². The van der Waals surface area contributed by atoms with Crippen molar-refractivity contribution >= 4 is 28.9 Å². The average molecular weight is 195 g/mol. The molecular formula is C8H6FN3S. The number of aromatic amines is 1. The SMILES string of the molecule is Nc1nc(=S)[nH]c2ccc(F)cc12. The highest BCUT2D eigenvalue weighted by atomic mass is 32.1. The molecule has 2 aromatic rings. The van der Waals surface area contributed by atoms with E-state index in [9.17, 15) is 4.39 Å². The third kappa shape index (κ3) is 1.38. The lowest BCUT2D eigenvalue weighted by molar-refractivity contribution is 0.629. The molecule has 0 unspecified atom stereocenters. The van der Waals surface area contributed by atoms with Crippen molar-refractivity contribution in [2.75, 3.05) is 5.73 Å². The number of nitrogens with zero attached hydrogens (tertiary/aromatic N) is 1. The highest BCUT2D eigenvalue weighted by Gasteiger charge is 2.00. The summed E-state index contributed by atoms with van der Waals surface area (Å²) in [5, 5.41) is 0.550. The van der Waals surface area contributed by atoms with Gasteiger partial charge in [-0.2, -0.15) is 0 Å². The van der Waals surface area contributed by atoms with Crippen LogP contribution in [0.1, 0.15) is 0 Å². The zero-order valence-electron chi connectivity index (χ0n) is 6.54. The summed E-state index contributed by atoms with van der Waals surface area (Å²) in [6.45, 7) is 0. The normalized spacial score (nSPS) is 10.5. The monoisotopic (exact) mass is 195 g/mol. The number of halogens is 1. The Kier molecular flexibility index (Phi) is 1.73. The molecule has 0 aliphatic rings. The van der Waals surface area contributed by atoms with Gasteiger partial charge in [0.25, 0.3) is 0 Å². The minimum absolute atomic E-state index is 0.248. The van der Waals surface area contributed by atoms with Gasteiger partial charge in [0.2, 0.25) is 0 Å². The summed E-state index contributed by atoms with van der Waals surface area (Å²) < 4.78 is 13.1. The van der Waals surface area contributed by atoms with E-state index in [4.69, 9.17) is 18.0 Å². The largest absolute Gasteiger partial charge is 0.383 e. The van der Waals surface area contributed by atoms with Crippen molar-refractivity contribution in [3.05, 3.63) is 28.8 Å². The van der Waals surface area contributed by atoms with Crippen LogP contribution in [0.5, 0.6) is 0 Å². The summed E-state index contributed by atoms with van der Waals surface area (Å²) >= 11 is 4.82. The highest BCUT2D eigenvalue weighted by Crippen LogP contribution is 2.17. The van der Waals surface area contributed by atoms with Crippen LogP contribution in [-0.2, 0) is 0 Å². The summed E-state index contributed by atoms with van der Waals surface area (Å²) in [7, 11) is 0. The average Bonchev–Trinajstić information content (AvgIpc) is 2.06. The molecule has 3 nitrogen and oxygen atoms in total. The van der Waals surface area contributed by atoms with Crippen LogP contribution < -0.4 is 5.73 Å². The second-order valence-electron chi connectivity index (χ2n) is 2.62. The Bertz CT molecular complexity index is 520. The van der Waals surface area contributed by atoms with Crippen molar-refractivity contribution < 1.29 is 4.39 Å². The standard InChI is InChI=1S/C8H6FN3S/c9-4-1-2-6-5(3-4)7(10)12-8(13)11-6/h1-3H,(H3,10,11,12,13). The smallest absolute Gasteiger partial charge is 0.199 e. The van der Waals surface area contributed by atoms with Gasteiger partial charge < -0.3 is 10.7 Å². The Morgan fingerprint density at radius 1 is 1.46 bits per heavy atom. The number of nitrogen functional groups attached to an aromatic ring is 1. The lowest BCUT2D eigenvalue weighted by Gasteiger charge is -2.00. The van der Waals surface area contributed by atoms with E-state index in [1.54, 1.807) is 6.07 Å². The van der Waals surface area contributed by atoms with Gasteiger partial charge in [-0.15, -0.1) is 0 Å². The molecule has 0 aliphatic carbocycles. The number of aromatic nitrogens is 2. The number of anilines is 1. The van der Waals surface area contributed by atoms with Crippen LogP contribution in [0.25, 0.3) is 10.9 Å². The van der Waals surface area contributed by atoms with Crippen LogP contribution in [0.3, 0.4) is 0 Å². The predicted molar refractivity (Wildman–Crippen MR) is 51.3 cm³/mol. The lowest BCUT2D eigenvalue weighted by atomic mass is 10.2. The first-order chi connectivity index (χ1) is 6.16. The summed E-state index contributed by atoms with van der Waals surface area (Å²) in [5.74, 6) is -0.0928. The van der Waals surface area contributed by atoms with Crippen molar-refractivity contribution in [3.63, 3.8) is 0 Å². The van der Waals surface area contributed by atoms with Crippen molar-refractivity contribution in [2.45, 2.75) is 0 Å². The Hall–Kier alpha value is -1.49. The van der Waals surface area contributed by atoms with Gasteiger partial charge in [-0.05, 0) is 30.4 Å². The van der Waals surface area contributed by atoms with E-state index in [0.29, 0.717) is 15.7 Å². The van der Waals surface area contributed by atoms with E-state index in [1.165, 1.54) is 12.1 Å². The summed E-state index contributed by atoms with van der Waals surface area (Å²) in [4.78, 5) is 6.63. The fraction of sp³-hybridized carbons (Fsp3) is 0. The number of fused-ring (bicyclic) bond motifs is 1. The molecule has 0 spiro atoms. The van der Waals surface area contributed by atoms with E-state index < -0.39 is 0 Å². The summed E-state index contributed by atoms with van der Waals surface area (Å²) in [6.07, 6.45) is 0. The molecule has 0 atom stereocenters. The first-order valence-electron chi connectivity index (χ1n) is 3.62. The van der Waals surface area contributed by atoms with Crippen LogP contribution in [0.4, 0.5) is 10.2 Å². The number of hydrogen-bond donors (Lipinski definition) is 2. The van der Waals surface area contributed by atoms with E-state index in [2.05, 4.69) is 9.97 Å². The topological polar surface area (TPSA) is 54.7 Å². The lowest BCUT2D eigenvalue weighted by Crippen LogP contribution is -1.94. The molecule has 1 aromatic heterocycles. The fourth-order valence-corrected chi connectivity index (χ4v) is 1.36. The van der Waals surface area contributed by atoms with E-state index in [-0.39, 0.29) is 11.6 Å². The van der Waals surface area contributed by atoms with Gasteiger partial charge in [0.05, 0.1) is 5.52 Å². The van der Waals surface area contributed by atoms with Crippen molar-refractivity contribution in [3.8, 4) is 0 Å². The highest BCUT2D eigenvalue weighted by molar-refractivity contribution is 7.71. The third-order valence-corrected chi connectivity index (χ3v) is 1.91. The molecule has 13 heavy (non-hydrogen) atoms. The summed E-state index contributed by atoms with van der Waals surface area (Å²) in [6, 6.07) is 4.24. The van der Waals surface area contributed by atoms with Crippen molar-refractivity contribution in [1.82, 2.24) is 9.97 Å². The number of hydrogen-bond acceptors (Lipinski definition) is 3. The molecule has 1 aromatic carbocycles. The molecule has 0 aliphatic heterocycles. The zero-order chi connectivity index (χ0) is 9.42. The molecule has 5 heteroatoms. The number of H-pyrrole nitrogens is 1. The molecule has 0 amide bonds. The minimum Gasteiger partial charge on any atom is -0.383 e. The van der Waals surface area contributed by atoms with Crippen LogP contribution >= 0.6 is 12.2 Å². The van der Waals surface area contributed by atoms with Crippen molar-refractivity contribution in [1.29, 1.82) is 0 Å². The summed E-state index contributed by atoms with van der Waals surface area (Å²) in [5.41, 5.74) is 6.25. The van der Waals surface area contributed by atoms with Crippen LogP contribution in [-0.4, -0.2) is 9.97 Å². The van der Waals surface area contributed by atoms with E-state index >= 15 is 0 Å². The maximum Gasteiger partial charge on any atom is 0.199 e. The second-order valence-corrected chi connectivity index (χ2v) is 3.00. The van der Waals surface area contributed by atoms with Crippen LogP contribution in [0.15, 0.2) is 18.2 Å². The Balaban J connectivity index is 2.95. The van der Waals surface area contributed by atoms with Gasteiger partial charge in [-0.3, -0.25) is 0 Å². The first-order valence-corrected chi connectivity index (χ1v) is 4.03. The molecular weight excluding hydrogens is 189 g/mol. The second kappa shape index (κ2) is 2.77. The molecule has 0 fully saturated rings. The van der Waals surface area contributed by atoms with Crippen LogP contribution in [0.2, 0.25) is 0 Å². The van der Waals surface area contributed by atoms with Gasteiger partial charge in [-0.1, -0.05) is 0 Å². The maximum absolute atomic E-state index is 12.8. The molecule has 0 saturated heterocycles. The zero-order valence-corrected chi connectivity index (χ0v) is 7.36. The van der Waals surface area contributed by atoms with Crippen molar-refractivity contribution in [2.24, 2.45) is 0 Å². The molecule has 0 radical (unpaired) electrons. The van der Waals surface area contributed by atoms with E-state index in [1.807, 2.05) is 0 Å². The molecule has 0 saturated carbocycles. The van der Waals surface area contributed by atoms with Gasteiger partial charge >= 0.3 is 0 Å². The van der Waals surface area contributed by atoms with Gasteiger partial charge in [0.15, 0.2) is 4.77 Å². The number of nitrogens with one attached hydrogen (secondary N) is 1. The first kappa shape index (κ1) is 8.12. The fourth-order valence-electron chi connectivity index (χ4n) is 1.15. The molecule has 3 N–H and O–H groups in total. The molecule has 66 valence electrons. The maximum atomic E-state index is 12.8. The van der Waals surface area contributed by atoms with Gasteiger partial charge in [0, 0.05) is 5.39 Å². The number of rotatable bonds is 0. The minimum atomic E-state index is -0.341. The molecule has 1 heterocycles. The number of benzene rings is 1. The molecule has 2 rings (SSSR count). The van der Waals surface area contributed by atoms with Gasteiger partial charge in [-0.25, -0.2) is 9.37 Å². The quantitative estimate of drug-likeness (QED) is 0.632.